The van der Waals surface area contributed by atoms with Gasteiger partial charge in [-0.1, -0.05) is 35.9 Å². The summed E-state index contributed by atoms with van der Waals surface area (Å²) in [5.41, 5.74) is 5.01. The van der Waals surface area contributed by atoms with Gasteiger partial charge in [-0.15, -0.1) is 0 Å². The first kappa shape index (κ1) is 25.4. The lowest BCUT2D eigenvalue weighted by Crippen LogP contribution is -2.32. The molecule has 2 heterocycles. The van der Waals surface area contributed by atoms with Crippen molar-refractivity contribution < 1.29 is 14.5 Å². The Hall–Kier alpha value is -5.25. The number of amides is 2. The number of hydrogen-bond acceptors (Lipinski definition) is 6. The number of non-ortho nitro benzene ring substituents is 1. The third-order valence-corrected chi connectivity index (χ3v) is 6.59. The molecule has 1 atom stereocenters. The van der Waals surface area contributed by atoms with Crippen LogP contribution >= 0.6 is 0 Å². The minimum absolute atomic E-state index is 0.0710. The van der Waals surface area contributed by atoms with Gasteiger partial charge in [-0.25, -0.2) is 4.68 Å². The van der Waals surface area contributed by atoms with E-state index in [0.717, 1.165) is 11.1 Å². The van der Waals surface area contributed by atoms with E-state index in [-0.39, 0.29) is 17.5 Å². The van der Waals surface area contributed by atoms with E-state index >= 15 is 0 Å². The van der Waals surface area contributed by atoms with Crippen molar-refractivity contribution in [3.8, 4) is 0 Å². The molecule has 5 rings (SSSR count). The molecule has 0 fully saturated rings. The largest absolute Gasteiger partial charge is 0.343 e. The summed E-state index contributed by atoms with van der Waals surface area (Å²) >= 11 is 0. The quantitative estimate of drug-likeness (QED) is 0.224. The first-order valence-electron chi connectivity index (χ1n) is 12.3. The van der Waals surface area contributed by atoms with Crippen LogP contribution in [0.5, 0.6) is 0 Å². The number of anilines is 3. The molecule has 2 amide bonds. The maximum absolute atomic E-state index is 13.7. The molecule has 10 nitrogen and oxygen atoms in total. The Labute approximate surface area is 224 Å². The number of allylic oxidation sites excluding steroid dienone is 1. The molecule has 0 saturated heterocycles. The Kier molecular flexibility index (Phi) is 6.68. The zero-order valence-corrected chi connectivity index (χ0v) is 21.6. The van der Waals surface area contributed by atoms with Crippen LogP contribution in [0.3, 0.4) is 0 Å². The molecule has 0 radical (unpaired) electrons. The van der Waals surface area contributed by atoms with Crippen molar-refractivity contribution in [3.05, 3.63) is 123 Å². The van der Waals surface area contributed by atoms with Gasteiger partial charge in [0.25, 0.3) is 17.5 Å². The molecular weight excluding hydrogens is 496 g/mol. The van der Waals surface area contributed by atoms with Crippen LogP contribution < -0.4 is 16.0 Å². The van der Waals surface area contributed by atoms with Crippen molar-refractivity contribution in [2.75, 3.05) is 16.0 Å². The normalized spacial score (nSPS) is 14.3. The molecule has 1 aliphatic heterocycles. The monoisotopic (exact) mass is 522 g/mol. The molecule has 10 heteroatoms. The average Bonchev–Trinajstić information content (AvgIpc) is 3.33. The van der Waals surface area contributed by atoms with Gasteiger partial charge < -0.3 is 16.0 Å². The van der Waals surface area contributed by atoms with Crippen LogP contribution in [0.1, 0.15) is 40.0 Å². The number of carbonyl (C=O) groups excluding carboxylic acids is 2. The van der Waals surface area contributed by atoms with Gasteiger partial charge in [-0.2, -0.15) is 5.10 Å². The minimum Gasteiger partial charge on any atom is -0.343 e. The number of carbonyl (C=O) groups is 2. The average molecular weight is 523 g/mol. The summed E-state index contributed by atoms with van der Waals surface area (Å²) in [6, 6.07) is 20.0. The summed E-state index contributed by atoms with van der Waals surface area (Å²) in [4.78, 5) is 37.7. The van der Waals surface area contributed by atoms with Crippen molar-refractivity contribution >= 4 is 34.7 Å². The van der Waals surface area contributed by atoms with Crippen molar-refractivity contribution in [1.29, 1.82) is 0 Å². The number of hydrogen-bond donors (Lipinski definition) is 3. The molecule has 0 aliphatic carbocycles. The number of nitrogens with one attached hydrogen (secondary N) is 3. The number of rotatable bonds is 6. The summed E-state index contributed by atoms with van der Waals surface area (Å²) in [5, 5.41) is 24.8. The highest BCUT2D eigenvalue weighted by Crippen LogP contribution is 2.38. The predicted octanol–water partition coefficient (Wildman–Crippen LogP) is 5.59. The van der Waals surface area contributed by atoms with Crippen LogP contribution in [0.4, 0.5) is 22.9 Å². The minimum atomic E-state index is -0.744. The topological polar surface area (TPSA) is 131 Å². The summed E-state index contributed by atoms with van der Waals surface area (Å²) in [6.07, 6.45) is 1.44. The highest BCUT2D eigenvalue weighted by atomic mass is 16.6. The van der Waals surface area contributed by atoms with Gasteiger partial charge in [0.2, 0.25) is 0 Å². The van der Waals surface area contributed by atoms with E-state index in [1.807, 2.05) is 50.2 Å². The second kappa shape index (κ2) is 10.3. The van der Waals surface area contributed by atoms with Crippen molar-refractivity contribution in [1.82, 2.24) is 9.78 Å². The zero-order chi connectivity index (χ0) is 27.7. The highest BCUT2D eigenvalue weighted by Gasteiger charge is 2.35. The highest BCUT2D eigenvalue weighted by molar-refractivity contribution is 6.09. The van der Waals surface area contributed by atoms with Crippen molar-refractivity contribution in [2.45, 2.75) is 26.8 Å². The summed E-state index contributed by atoms with van der Waals surface area (Å²) < 4.78 is 1.56. The lowest BCUT2D eigenvalue weighted by molar-refractivity contribution is -0.384. The first-order chi connectivity index (χ1) is 18.7. The molecular formula is C29H26N6O4. The van der Waals surface area contributed by atoms with E-state index < -0.39 is 11.0 Å². The van der Waals surface area contributed by atoms with Gasteiger partial charge >= 0.3 is 0 Å². The molecule has 39 heavy (non-hydrogen) atoms. The maximum atomic E-state index is 13.7. The van der Waals surface area contributed by atoms with E-state index in [1.165, 1.54) is 18.3 Å². The second-order valence-corrected chi connectivity index (χ2v) is 9.36. The summed E-state index contributed by atoms with van der Waals surface area (Å²) in [5.74, 6) is -0.313. The summed E-state index contributed by atoms with van der Waals surface area (Å²) in [6.45, 7) is 5.65. The fraction of sp³-hybridized carbons (Fsp3) is 0.138. The van der Waals surface area contributed by atoms with Gasteiger partial charge in [-0.05, 0) is 62.2 Å². The van der Waals surface area contributed by atoms with Gasteiger partial charge in [0.1, 0.15) is 17.4 Å². The van der Waals surface area contributed by atoms with Crippen molar-refractivity contribution in [2.24, 2.45) is 0 Å². The fourth-order valence-corrected chi connectivity index (χ4v) is 4.67. The SMILES string of the molecule is CC1=C(C(=O)Nc2ccc(C)cc2C)C(c2ccc([N+](=O)[O-])cc2)n2ncc(C(=O)Nc3ccccc3)c2N1. The number of nitro benzene ring substituents is 1. The van der Waals surface area contributed by atoms with Crippen LogP contribution in [0.25, 0.3) is 0 Å². The molecule has 0 spiro atoms. The molecule has 1 aromatic heterocycles. The number of benzene rings is 3. The number of aryl methyl sites for hydroxylation is 2. The van der Waals surface area contributed by atoms with E-state index in [9.17, 15) is 19.7 Å². The third-order valence-electron chi connectivity index (χ3n) is 6.59. The standard InChI is InChI=1S/C29H26N6O4/c1-17-9-14-24(18(2)15-17)33-29(37)25-19(3)31-27-23(28(36)32-21-7-5-4-6-8-21)16-30-34(27)26(25)20-10-12-22(13-11-20)35(38)39/h4-16,26,31H,1-3H3,(H,32,36)(H,33,37). The molecule has 4 aromatic rings. The Bertz CT molecular complexity index is 1620. The predicted molar refractivity (Wildman–Crippen MR) is 149 cm³/mol. The van der Waals surface area contributed by atoms with E-state index in [1.54, 1.807) is 35.9 Å². The van der Waals surface area contributed by atoms with Crippen LogP contribution in [0, 0.1) is 24.0 Å². The van der Waals surface area contributed by atoms with Crippen LogP contribution in [0.2, 0.25) is 0 Å². The summed E-state index contributed by atoms with van der Waals surface area (Å²) in [7, 11) is 0. The molecule has 3 N–H and O–H groups in total. The molecule has 1 unspecified atom stereocenters. The number of nitro groups is 1. The first-order valence-corrected chi connectivity index (χ1v) is 12.3. The molecule has 3 aromatic carbocycles. The smallest absolute Gasteiger partial charge is 0.269 e. The van der Waals surface area contributed by atoms with Gasteiger partial charge in [0, 0.05) is 29.2 Å². The van der Waals surface area contributed by atoms with Crippen LogP contribution in [-0.4, -0.2) is 26.5 Å². The van der Waals surface area contributed by atoms with Crippen LogP contribution in [0.15, 0.2) is 90.3 Å². The Morgan fingerprint density at radius 1 is 0.949 bits per heavy atom. The molecule has 0 bridgehead atoms. The lowest BCUT2D eigenvalue weighted by Gasteiger charge is -2.30. The van der Waals surface area contributed by atoms with E-state index in [2.05, 4.69) is 21.0 Å². The van der Waals surface area contributed by atoms with E-state index in [4.69, 9.17) is 0 Å². The third kappa shape index (κ3) is 4.99. The molecule has 1 aliphatic rings. The molecule has 196 valence electrons. The number of aromatic nitrogens is 2. The Morgan fingerprint density at radius 3 is 2.33 bits per heavy atom. The zero-order valence-electron chi connectivity index (χ0n) is 21.6. The van der Waals surface area contributed by atoms with Crippen molar-refractivity contribution in [3.63, 3.8) is 0 Å². The number of nitrogens with zero attached hydrogens (tertiary/aromatic N) is 3. The number of para-hydroxylation sites is 1. The lowest BCUT2D eigenvalue weighted by atomic mass is 9.94. The fourth-order valence-electron chi connectivity index (χ4n) is 4.67. The van der Waals surface area contributed by atoms with Gasteiger partial charge in [0.15, 0.2) is 0 Å². The Balaban J connectivity index is 1.56. The maximum Gasteiger partial charge on any atom is 0.269 e. The van der Waals surface area contributed by atoms with E-state index in [0.29, 0.717) is 39.6 Å². The Morgan fingerprint density at radius 2 is 1.67 bits per heavy atom. The van der Waals surface area contributed by atoms with Gasteiger partial charge in [-0.3, -0.25) is 19.7 Å². The second-order valence-electron chi connectivity index (χ2n) is 9.36. The van der Waals surface area contributed by atoms with Crippen LogP contribution in [-0.2, 0) is 4.79 Å². The van der Waals surface area contributed by atoms with Gasteiger partial charge in [0.05, 0.1) is 16.7 Å². The molecule has 0 saturated carbocycles. The number of fused-ring (bicyclic) bond motifs is 1.